The molecule has 0 atom stereocenters. The van der Waals surface area contributed by atoms with Crippen LogP contribution in [0.2, 0.25) is 0 Å². The summed E-state index contributed by atoms with van der Waals surface area (Å²) < 4.78 is 5.26. The van der Waals surface area contributed by atoms with Crippen molar-refractivity contribution in [1.29, 1.82) is 0 Å². The van der Waals surface area contributed by atoms with Crippen LogP contribution in [-0.2, 0) is 4.74 Å². The summed E-state index contributed by atoms with van der Waals surface area (Å²) in [6.45, 7) is 2.44. The minimum atomic E-state index is -0.149. The lowest BCUT2D eigenvalue weighted by Crippen LogP contribution is -2.40. The number of phenolic OH excluding ortho intramolecular Hbond substituents is 2. The third kappa shape index (κ3) is 3.75. The van der Waals surface area contributed by atoms with Gasteiger partial charge >= 0.3 is 0 Å². The van der Waals surface area contributed by atoms with Crippen molar-refractivity contribution in [1.82, 2.24) is 4.90 Å². The van der Waals surface area contributed by atoms with Gasteiger partial charge in [0.25, 0.3) is 5.91 Å². The summed E-state index contributed by atoms with van der Waals surface area (Å²) in [4.78, 5) is 14.2. The van der Waals surface area contributed by atoms with E-state index in [0.717, 1.165) is 11.1 Å². The SMILES string of the molecule is O=C(c1ccc(C=Cc2ccc(O)c(O)c2)cc1)N1CCOCC1. The molecular weight excluding hydrogens is 306 g/mol. The third-order valence-corrected chi connectivity index (χ3v) is 3.92. The van der Waals surface area contributed by atoms with Gasteiger partial charge in [-0.1, -0.05) is 30.4 Å². The van der Waals surface area contributed by atoms with E-state index in [9.17, 15) is 15.0 Å². The Morgan fingerprint density at radius 3 is 2.21 bits per heavy atom. The maximum absolute atomic E-state index is 12.4. The largest absolute Gasteiger partial charge is 0.504 e. The normalized spacial score (nSPS) is 14.9. The van der Waals surface area contributed by atoms with Gasteiger partial charge in [0, 0.05) is 18.7 Å². The van der Waals surface area contributed by atoms with Gasteiger partial charge < -0.3 is 19.8 Å². The number of nitrogens with zero attached hydrogens (tertiary/aromatic N) is 1. The van der Waals surface area contributed by atoms with Gasteiger partial charge in [-0.2, -0.15) is 0 Å². The fourth-order valence-electron chi connectivity index (χ4n) is 2.52. The summed E-state index contributed by atoms with van der Waals surface area (Å²) in [5.74, 6) is -0.265. The molecule has 2 aromatic carbocycles. The lowest BCUT2D eigenvalue weighted by molar-refractivity contribution is 0.0303. The predicted molar refractivity (Wildman–Crippen MR) is 91.9 cm³/mol. The molecule has 5 heteroatoms. The molecule has 0 aromatic heterocycles. The Balaban J connectivity index is 1.68. The first-order valence-electron chi connectivity index (χ1n) is 7.80. The molecule has 1 saturated heterocycles. The van der Waals surface area contributed by atoms with Crippen LogP contribution in [0.1, 0.15) is 21.5 Å². The highest BCUT2D eigenvalue weighted by molar-refractivity contribution is 5.94. The lowest BCUT2D eigenvalue weighted by atomic mass is 10.1. The van der Waals surface area contributed by atoms with E-state index in [-0.39, 0.29) is 17.4 Å². The minimum Gasteiger partial charge on any atom is -0.504 e. The number of ether oxygens (including phenoxy) is 1. The lowest BCUT2D eigenvalue weighted by Gasteiger charge is -2.26. The summed E-state index contributed by atoms with van der Waals surface area (Å²) in [6.07, 6.45) is 3.72. The van der Waals surface area contributed by atoms with Crippen LogP contribution in [0.15, 0.2) is 42.5 Å². The second-order valence-electron chi connectivity index (χ2n) is 5.61. The Morgan fingerprint density at radius 1 is 0.917 bits per heavy atom. The van der Waals surface area contributed by atoms with Crippen LogP contribution < -0.4 is 0 Å². The van der Waals surface area contributed by atoms with Crippen molar-refractivity contribution in [2.45, 2.75) is 0 Å². The minimum absolute atomic E-state index is 0.0253. The molecule has 1 amide bonds. The Morgan fingerprint density at radius 2 is 1.54 bits per heavy atom. The van der Waals surface area contributed by atoms with Crippen LogP contribution in [0.3, 0.4) is 0 Å². The Hall–Kier alpha value is -2.79. The van der Waals surface area contributed by atoms with E-state index in [1.54, 1.807) is 11.0 Å². The zero-order valence-corrected chi connectivity index (χ0v) is 13.2. The molecule has 1 aliphatic rings. The average Bonchev–Trinajstić information content (AvgIpc) is 2.63. The molecule has 2 aromatic rings. The molecule has 1 fully saturated rings. The summed E-state index contributed by atoms with van der Waals surface area (Å²) in [5.41, 5.74) is 2.39. The van der Waals surface area contributed by atoms with E-state index in [2.05, 4.69) is 0 Å². The monoisotopic (exact) mass is 325 g/mol. The first-order valence-corrected chi connectivity index (χ1v) is 7.80. The first-order chi connectivity index (χ1) is 11.6. The number of carbonyl (C=O) groups is 1. The summed E-state index contributed by atoms with van der Waals surface area (Å²) in [6, 6.07) is 12.0. The number of benzene rings is 2. The maximum atomic E-state index is 12.4. The second-order valence-corrected chi connectivity index (χ2v) is 5.61. The summed E-state index contributed by atoms with van der Waals surface area (Å²) >= 11 is 0. The molecule has 0 spiro atoms. The summed E-state index contributed by atoms with van der Waals surface area (Å²) in [7, 11) is 0. The second kappa shape index (κ2) is 7.19. The van der Waals surface area contributed by atoms with Gasteiger partial charge in [-0.3, -0.25) is 4.79 Å². The maximum Gasteiger partial charge on any atom is 0.254 e. The molecule has 0 aliphatic carbocycles. The fraction of sp³-hybridized carbons (Fsp3) is 0.211. The molecular formula is C19H19NO4. The summed E-state index contributed by atoms with van der Waals surface area (Å²) in [5, 5.41) is 18.8. The topological polar surface area (TPSA) is 70.0 Å². The number of rotatable bonds is 3. The molecule has 0 radical (unpaired) electrons. The van der Waals surface area contributed by atoms with Gasteiger partial charge in [0.15, 0.2) is 11.5 Å². The van der Waals surface area contributed by atoms with Gasteiger partial charge in [-0.05, 0) is 35.4 Å². The van der Waals surface area contributed by atoms with E-state index < -0.39 is 0 Å². The quantitative estimate of drug-likeness (QED) is 0.672. The Bertz CT molecular complexity index is 746. The number of phenols is 2. The number of amides is 1. The molecule has 1 heterocycles. The van der Waals surface area contributed by atoms with Crippen molar-refractivity contribution in [2.75, 3.05) is 26.3 Å². The smallest absolute Gasteiger partial charge is 0.254 e. The van der Waals surface area contributed by atoms with Gasteiger partial charge in [0.1, 0.15) is 0 Å². The van der Waals surface area contributed by atoms with Gasteiger partial charge in [0.2, 0.25) is 0 Å². The van der Waals surface area contributed by atoms with E-state index in [0.29, 0.717) is 31.9 Å². The highest BCUT2D eigenvalue weighted by Crippen LogP contribution is 2.25. The van der Waals surface area contributed by atoms with E-state index in [1.165, 1.54) is 12.1 Å². The average molecular weight is 325 g/mol. The van der Waals surface area contributed by atoms with Gasteiger partial charge in [0.05, 0.1) is 13.2 Å². The van der Waals surface area contributed by atoms with Gasteiger partial charge in [-0.25, -0.2) is 0 Å². The molecule has 1 aliphatic heterocycles. The van der Waals surface area contributed by atoms with Crippen LogP contribution in [0.4, 0.5) is 0 Å². The number of carbonyl (C=O) groups excluding carboxylic acids is 1. The van der Waals surface area contributed by atoms with Gasteiger partial charge in [-0.15, -0.1) is 0 Å². The van der Waals surface area contributed by atoms with Crippen LogP contribution in [-0.4, -0.2) is 47.3 Å². The molecule has 0 bridgehead atoms. The predicted octanol–water partition coefficient (Wildman–Crippen LogP) is 2.74. The molecule has 5 nitrogen and oxygen atoms in total. The van der Waals surface area contributed by atoms with Crippen molar-refractivity contribution in [3.63, 3.8) is 0 Å². The third-order valence-electron chi connectivity index (χ3n) is 3.92. The van der Waals surface area contributed by atoms with Crippen LogP contribution in [0, 0.1) is 0 Å². The fourth-order valence-corrected chi connectivity index (χ4v) is 2.52. The standard InChI is InChI=1S/C19H19NO4/c21-17-8-5-15(13-18(17)22)2-1-14-3-6-16(7-4-14)19(23)20-9-11-24-12-10-20/h1-8,13,21-22H,9-12H2. The molecule has 124 valence electrons. The highest BCUT2D eigenvalue weighted by atomic mass is 16.5. The van der Waals surface area contributed by atoms with Crippen molar-refractivity contribution in [3.05, 3.63) is 59.2 Å². The van der Waals surface area contributed by atoms with Crippen LogP contribution >= 0.6 is 0 Å². The number of hydrogen-bond donors (Lipinski definition) is 2. The molecule has 3 rings (SSSR count). The first kappa shape index (κ1) is 16.1. The number of aromatic hydroxyl groups is 2. The van der Waals surface area contributed by atoms with E-state index >= 15 is 0 Å². The zero-order valence-electron chi connectivity index (χ0n) is 13.2. The van der Waals surface area contributed by atoms with E-state index in [4.69, 9.17) is 4.74 Å². The molecule has 0 unspecified atom stereocenters. The van der Waals surface area contributed by atoms with Crippen LogP contribution in [0.5, 0.6) is 11.5 Å². The highest BCUT2D eigenvalue weighted by Gasteiger charge is 2.17. The Labute approximate surface area is 140 Å². The van der Waals surface area contributed by atoms with Crippen LogP contribution in [0.25, 0.3) is 12.2 Å². The Kier molecular flexibility index (Phi) is 4.82. The van der Waals surface area contributed by atoms with Crippen molar-refractivity contribution < 1.29 is 19.7 Å². The van der Waals surface area contributed by atoms with Crippen molar-refractivity contribution in [3.8, 4) is 11.5 Å². The molecule has 0 saturated carbocycles. The van der Waals surface area contributed by atoms with Crippen molar-refractivity contribution >= 4 is 18.1 Å². The molecule has 24 heavy (non-hydrogen) atoms. The molecule has 2 N–H and O–H groups in total. The number of hydrogen-bond acceptors (Lipinski definition) is 4. The number of morpholine rings is 1. The van der Waals surface area contributed by atoms with Crippen molar-refractivity contribution in [2.24, 2.45) is 0 Å². The van der Waals surface area contributed by atoms with E-state index in [1.807, 2.05) is 36.4 Å². The zero-order chi connectivity index (χ0) is 16.9.